The highest BCUT2D eigenvalue weighted by Crippen LogP contribution is 2.04. The summed E-state index contributed by atoms with van der Waals surface area (Å²) in [5.41, 5.74) is 1.63. The monoisotopic (exact) mass is 195 g/mol. The van der Waals surface area contributed by atoms with Gasteiger partial charge in [-0.1, -0.05) is 0 Å². The van der Waals surface area contributed by atoms with E-state index in [4.69, 9.17) is 5.11 Å². The van der Waals surface area contributed by atoms with Gasteiger partial charge in [-0.25, -0.2) is 9.97 Å². The largest absolute Gasteiger partial charge is 0.480 e. The van der Waals surface area contributed by atoms with Crippen molar-refractivity contribution in [3.8, 4) is 0 Å². The van der Waals surface area contributed by atoms with Crippen LogP contribution in [0.4, 0.5) is 5.95 Å². The van der Waals surface area contributed by atoms with Crippen LogP contribution in [-0.4, -0.2) is 27.1 Å². The molecule has 0 amide bonds. The van der Waals surface area contributed by atoms with Crippen molar-refractivity contribution in [2.24, 2.45) is 0 Å². The van der Waals surface area contributed by atoms with E-state index in [1.54, 1.807) is 6.92 Å². The summed E-state index contributed by atoms with van der Waals surface area (Å²) in [6.07, 6.45) is 0. The number of aryl methyl sites for hydroxylation is 2. The second-order valence-corrected chi connectivity index (χ2v) is 3.18. The lowest BCUT2D eigenvalue weighted by Gasteiger charge is -2.09. The molecule has 0 aliphatic rings. The highest BCUT2D eigenvalue weighted by molar-refractivity contribution is 5.75. The maximum absolute atomic E-state index is 10.6. The number of carboxylic acids is 1. The van der Waals surface area contributed by atoms with Crippen molar-refractivity contribution in [2.45, 2.75) is 26.8 Å². The number of nitrogens with one attached hydrogen (secondary N) is 1. The van der Waals surface area contributed by atoms with Gasteiger partial charge in [-0.15, -0.1) is 0 Å². The summed E-state index contributed by atoms with van der Waals surface area (Å²) in [5, 5.41) is 11.4. The van der Waals surface area contributed by atoms with Crippen LogP contribution in [0.1, 0.15) is 18.3 Å². The zero-order valence-electron chi connectivity index (χ0n) is 8.40. The summed E-state index contributed by atoms with van der Waals surface area (Å²) in [6.45, 7) is 5.22. The Morgan fingerprint density at radius 3 is 2.36 bits per heavy atom. The summed E-state index contributed by atoms with van der Waals surface area (Å²) in [4.78, 5) is 18.7. The molecule has 14 heavy (non-hydrogen) atoms. The minimum atomic E-state index is -0.923. The first kappa shape index (κ1) is 10.4. The van der Waals surface area contributed by atoms with Gasteiger partial charge in [0, 0.05) is 11.4 Å². The van der Waals surface area contributed by atoms with Gasteiger partial charge >= 0.3 is 5.97 Å². The van der Waals surface area contributed by atoms with E-state index in [1.807, 2.05) is 19.9 Å². The van der Waals surface area contributed by atoms with Crippen molar-refractivity contribution in [2.75, 3.05) is 5.32 Å². The molecule has 0 bridgehead atoms. The standard InChI is InChI=1S/C9H13N3O2/c1-5-4-6(2)11-9(10-5)12-7(3)8(13)14/h4,7H,1-3H3,(H,13,14)(H,10,11,12). The molecule has 76 valence electrons. The molecule has 1 rings (SSSR count). The minimum absolute atomic E-state index is 0.359. The van der Waals surface area contributed by atoms with E-state index < -0.39 is 12.0 Å². The van der Waals surface area contributed by atoms with Gasteiger partial charge in [-0.2, -0.15) is 0 Å². The van der Waals surface area contributed by atoms with Crippen molar-refractivity contribution in [1.82, 2.24) is 9.97 Å². The van der Waals surface area contributed by atoms with Gasteiger partial charge in [0.1, 0.15) is 6.04 Å². The Kier molecular flexibility index (Phi) is 3.01. The normalized spacial score (nSPS) is 12.2. The smallest absolute Gasteiger partial charge is 0.325 e. The van der Waals surface area contributed by atoms with E-state index in [1.165, 1.54) is 0 Å². The van der Waals surface area contributed by atoms with Gasteiger partial charge in [-0.05, 0) is 26.8 Å². The van der Waals surface area contributed by atoms with Crippen molar-refractivity contribution in [3.05, 3.63) is 17.5 Å². The number of hydrogen-bond acceptors (Lipinski definition) is 4. The average Bonchev–Trinajstić information content (AvgIpc) is 2.01. The van der Waals surface area contributed by atoms with Crippen LogP contribution >= 0.6 is 0 Å². The number of anilines is 1. The predicted octanol–water partition coefficient (Wildman–Crippen LogP) is 0.978. The molecule has 0 spiro atoms. The van der Waals surface area contributed by atoms with Crippen molar-refractivity contribution in [3.63, 3.8) is 0 Å². The highest BCUT2D eigenvalue weighted by atomic mass is 16.4. The van der Waals surface area contributed by atoms with E-state index in [2.05, 4.69) is 15.3 Å². The molecule has 1 unspecified atom stereocenters. The Labute approximate surface area is 82.2 Å². The third kappa shape index (κ3) is 2.69. The summed E-state index contributed by atoms with van der Waals surface area (Å²) < 4.78 is 0. The molecular formula is C9H13N3O2. The molecule has 1 atom stereocenters. The van der Waals surface area contributed by atoms with Crippen LogP contribution in [0.3, 0.4) is 0 Å². The van der Waals surface area contributed by atoms with Gasteiger partial charge in [0.25, 0.3) is 0 Å². The van der Waals surface area contributed by atoms with Crippen molar-refractivity contribution < 1.29 is 9.90 Å². The van der Waals surface area contributed by atoms with Gasteiger partial charge in [0.05, 0.1) is 0 Å². The quantitative estimate of drug-likeness (QED) is 0.751. The maximum Gasteiger partial charge on any atom is 0.325 e. The Balaban J connectivity index is 2.81. The number of rotatable bonds is 3. The molecule has 0 saturated heterocycles. The molecular weight excluding hydrogens is 182 g/mol. The highest BCUT2D eigenvalue weighted by Gasteiger charge is 2.11. The van der Waals surface area contributed by atoms with Crippen LogP contribution in [0.25, 0.3) is 0 Å². The van der Waals surface area contributed by atoms with Crippen LogP contribution in [0.5, 0.6) is 0 Å². The third-order valence-corrected chi connectivity index (χ3v) is 1.70. The van der Waals surface area contributed by atoms with Gasteiger partial charge in [0.2, 0.25) is 5.95 Å². The minimum Gasteiger partial charge on any atom is -0.480 e. The predicted molar refractivity (Wildman–Crippen MR) is 52.2 cm³/mol. The van der Waals surface area contributed by atoms with E-state index in [0.717, 1.165) is 11.4 Å². The molecule has 0 radical (unpaired) electrons. The topological polar surface area (TPSA) is 75.1 Å². The Hall–Kier alpha value is -1.65. The molecule has 1 heterocycles. The van der Waals surface area contributed by atoms with Crippen LogP contribution in [0, 0.1) is 13.8 Å². The fraction of sp³-hybridized carbons (Fsp3) is 0.444. The first-order chi connectivity index (χ1) is 6.49. The maximum atomic E-state index is 10.6. The summed E-state index contributed by atoms with van der Waals surface area (Å²) >= 11 is 0. The fourth-order valence-corrected chi connectivity index (χ4v) is 1.05. The number of carboxylic acid groups (broad SMARTS) is 1. The van der Waals surface area contributed by atoms with Crippen molar-refractivity contribution in [1.29, 1.82) is 0 Å². The first-order valence-electron chi connectivity index (χ1n) is 4.30. The lowest BCUT2D eigenvalue weighted by molar-refractivity contribution is -0.137. The zero-order valence-corrected chi connectivity index (χ0v) is 8.40. The Morgan fingerprint density at radius 2 is 1.93 bits per heavy atom. The Morgan fingerprint density at radius 1 is 1.43 bits per heavy atom. The number of carbonyl (C=O) groups is 1. The molecule has 1 aromatic rings. The summed E-state index contributed by atoms with van der Waals surface area (Å²) in [6, 6.07) is 1.15. The number of hydrogen-bond donors (Lipinski definition) is 2. The van der Waals surface area contributed by atoms with Gasteiger partial charge < -0.3 is 10.4 Å². The fourth-order valence-electron chi connectivity index (χ4n) is 1.05. The summed E-state index contributed by atoms with van der Waals surface area (Å²) in [5.74, 6) is -0.565. The molecule has 5 heteroatoms. The molecule has 0 saturated carbocycles. The van der Waals surface area contributed by atoms with E-state index in [9.17, 15) is 4.79 Å². The SMILES string of the molecule is Cc1cc(C)nc(NC(C)C(=O)O)n1. The lowest BCUT2D eigenvalue weighted by atomic mass is 10.3. The zero-order chi connectivity index (χ0) is 10.7. The first-order valence-corrected chi connectivity index (χ1v) is 4.30. The van der Waals surface area contributed by atoms with Gasteiger partial charge in [0.15, 0.2) is 0 Å². The molecule has 0 aromatic carbocycles. The number of aliphatic carboxylic acids is 1. The molecule has 0 aliphatic heterocycles. The van der Waals surface area contributed by atoms with Crippen molar-refractivity contribution >= 4 is 11.9 Å². The van der Waals surface area contributed by atoms with Crippen LogP contribution in [-0.2, 0) is 4.79 Å². The second kappa shape index (κ2) is 4.04. The molecule has 1 aromatic heterocycles. The van der Waals surface area contributed by atoms with Gasteiger partial charge in [-0.3, -0.25) is 4.79 Å². The number of nitrogens with zero attached hydrogens (tertiary/aromatic N) is 2. The molecule has 0 fully saturated rings. The van der Waals surface area contributed by atoms with E-state index >= 15 is 0 Å². The van der Waals surface area contributed by atoms with Crippen LogP contribution in [0.2, 0.25) is 0 Å². The van der Waals surface area contributed by atoms with E-state index in [0.29, 0.717) is 5.95 Å². The third-order valence-electron chi connectivity index (χ3n) is 1.70. The lowest BCUT2D eigenvalue weighted by Crippen LogP contribution is -2.26. The van der Waals surface area contributed by atoms with Crippen LogP contribution < -0.4 is 5.32 Å². The molecule has 5 nitrogen and oxygen atoms in total. The molecule has 0 aliphatic carbocycles. The number of aromatic nitrogens is 2. The molecule has 2 N–H and O–H groups in total. The van der Waals surface area contributed by atoms with E-state index in [-0.39, 0.29) is 0 Å². The van der Waals surface area contributed by atoms with Crippen LogP contribution in [0.15, 0.2) is 6.07 Å². The Bertz CT molecular complexity index is 332. The summed E-state index contributed by atoms with van der Waals surface area (Å²) in [7, 11) is 0. The second-order valence-electron chi connectivity index (χ2n) is 3.18. The average molecular weight is 195 g/mol.